The van der Waals surface area contributed by atoms with Gasteiger partial charge in [-0.3, -0.25) is 9.11 Å². The average molecular weight is 773 g/mol. The number of hydrogen-bond acceptors (Lipinski definition) is 12. The lowest BCUT2D eigenvalue weighted by Gasteiger charge is -2.10. The summed E-state index contributed by atoms with van der Waals surface area (Å²) in [5.41, 5.74) is 3.96. The first-order valence-electron chi connectivity index (χ1n) is 15.4. The molecule has 0 aliphatic carbocycles. The Morgan fingerprint density at radius 3 is 1.70 bits per heavy atom. The molecule has 6 aromatic carbocycles. The van der Waals surface area contributed by atoms with Gasteiger partial charge in [0.2, 0.25) is 0 Å². The third kappa shape index (κ3) is 8.29. The highest BCUT2D eigenvalue weighted by Gasteiger charge is 2.23. The maximum absolute atomic E-state index is 12.5. The Bertz CT molecular complexity index is 2790. The molecule has 0 fully saturated rings. The van der Waals surface area contributed by atoms with Crippen LogP contribution in [0.2, 0.25) is 0 Å². The van der Waals surface area contributed by atoms with E-state index in [1.54, 1.807) is 55.5 Å². The maximum atomic E-state index is 12.5. The second kappa shape index (κ2) is 14.3. The first-order valence-corrected chi connectivity index (χ1v) is 19.7. The molecular formula is C36H28N4O10S3. The van der Waals surface area contributed by atoms with Crippen LogP contribution >= 0.6 is 0 Å². The van der Waals surface area contributed by atoms with E-state index in [0.29, 0.717) is 22.6 Å². The van der Waals surface area contributed by atoms with Crippen molar-refractivity contribution in [3.8, 4) is 22.6 Å². The minimum atomic E-state index is -4.96. The lowest BCUT2D eigenvalue weighted by atomic mass is 10.0. The van der Waals surface area contributed by atoms with E-state index in [1.165, 1.54) is 24.3 Å². The molecule has 3 N–H and O–H groups in total. The van der Waals surface area contributed by atoms with Crippen molar-refractivity contribution >= 4 is 63.9 Å². The molecule has 0 saturated carbocycles. The molecule has 0 spiro atoms. The van der Waals surface area contributed by atoms with Gasteiger partial charge in [0, 0.05) is 5.39 Å². The van der Waals surface area contributed by atoms with Gasteiger partial charge in [-0.05, 0) is 126 Å². The van der Waals surface area contributed by atoms with Crippen molar-refractivity contribution in [2.45, 2.75) is 28.5 Å². The molecule has 0 amide bonds. The molecule has 0 atom stereocenters. The average Bonchev–Trinajstić information content (AvgIpc) is 3.11. The summed E-state index contributed by atoms with van der Waals surface area (Å²) in [6.07, 6.45) is 0. The summed E-state index contributed by atoms with van der Waals surface area (Å²) in [4.78, 5) is -1.32. The third-order valence-corrected chi connectivity index (χ3v) is 10.9. The van der Waals surface area contributed by atoms with E-state index in [1.807, 2.05) is 25.1 Å². The lowest BCUT2D eigenvalue weighted by molar-refractivity contribution is 0.472. The Hall–Kier alpha value is -5.85. The second-order valence-corrected chi connectivity index (χ2v) is 16.0. The summed E-state index contributed by atoms with van der Waals surface area (Å²) in [6.45, 7) is 3.62. The molecule has 6 aromatic rings. The zero-order chi connectivity index (χ0) is 38.1. The van der Waals surface area contributed by atoms with Crippen LogP contribution in [0, 0.1) is 13.8 Å². The molecule has 270 valence electrons. The summed E-state index contributed by atoms with van der Waals surface area (Å²) in [5, 5.41) is 27.4. The molecule has 0 radical (unpaired) electrons. The quantitative estimate of drug-likeness (QED) is 0.0681. The van der Waals surface area contributed by atoms with Crippen molar-refractivity contribution in [2.24, 2.45) is 20.5 Å². The van der Waals surface area contributed by atoms with Gasteiger partial charge in [0.1, 0.15) is 21.2 Å². The fourth-order valence-corrected chi connectivity index (χ4v) is 7.35. The zero-order valence-electron chi connectivity index (χ0n) is 27.7. The fraction of sp³-hybridized carbons (Fsp3) is 0.0556. The van der Waals surface area contributed by atoms with Gasteiger partial charge in [-0.2, -0.15) is 40.6 Å². The Morgan fingerprint density at radius 1 is 0.566 bits per heavy atom. The van der Waals surface area contributed by atoms with Crippen LogP contribution < -0.4 is 4.18 Å². The van der Waals surface area contributed by atoms with E-state index in [9.17, 15) is 39.5 Å². The highest BCUT2D eigenvalue weighted by atomic mass is 32.2. The predicted molar refractivity (Wildman–Crippen MR) is 196 cm³/mol. The largest absolute Gasteiger partial charge is 0.505 e. The zero-order valence-corrected chi connectivity index (χ0v) is 30.1. The van der Waals surface area contributed by atoms with Crippen molar-refractivity contribution < 1.29 is 43.6 Å². The Morgan fingerprint density at radius 2 is 1.15 bits per heavy atom. The molecule has 0 saturated heterocycles. The van der Waals surface area contributed by atoms with Crippen LogP contribution in [0.4, 0.5) is 22.7 Å². The van der Waals surface area contributed by atoms with Crippen LogP contribution in [0.3, 0.4) is 0 Å². The molecular weight excluding hydrogens is 745 g/mol. The summed E-state index contributed by atoms with van der Waals surface area (Å²) in [7, 11) is -13.6. The van der Waals surface area contributed by atoms with Gasteiger partial charge in [0.25, 0.3) is 20.2 Å². The maximum Gasteiger partial charge on any atom is 0.339 e. The first-order chi connectivity index (χ1) is 25.0. The van der Waals surface area contributed by atoms with Crippen LogP contribution in [-0.4, -0.2) is 39.5 Å². The number of phenolic OH excluding ortho intramolecular Hbond substituents is 1. The van der Waals surface area contributed by atoms with Crippen molar-refractivity contribution in [2.75, 3.05) is 0 Å². The molecule has 0 unspecified atom stereocenters. The van der Waals surface area contributed by atoms with E-state index >= 15 is 0 Å². The number of hydrogen-bond donors (Lipinski definition) is 3. The lowest BCUT2D eigenvalue weighted by Crippen LogP contribution is -2.09. The number of azo groups is 2. The number of benzene rings is 6. The topological polar surface area (TPSA) is 222 Å². The van der Waals surface area contributed by atoms with Crippen LogP contribution in [0.5, 0.6) is 11.5 Å². The molecule has 0 aliphatic heterocycles. The standard InChI is InChI=1S/C36H28N4O10S3/c1-22-18-24(8-16-32(22)38-37-27-10-12-28(13-11-27)50-53(48,49)29-6-4-3-5-7-29)25-9-17-33(23(2)19-25)39-40-35-34(52(45,46)47)21-26-20-30(51(42,43)44)14-15-31(26)36(35)41/h3-21,41H,1-2H3,(H,42,43,44)(H,45,46,47). The van der Waals surface area contributed by atoms with Crippen LogP contribution in [0.25, 0.3) is 21.9 Å². The Labute approximate surface area is 304 Å². The first kappa shape index (κ1) is 36.9. The molecule has 0 aliphatic rings. The van der Waals surface area contributed by atoms with Gasteiger partial charge in [0.15, 0.2) is 5.75 Å². The molecule has 0 heterocycles. The predicted octanol–water partition coefficient (Wildman–Crippen LogP) is 8.92. The van der Waals surface area contributed by atoms with Crippen molar-refractivity contribution in [3.63, 3.8) is 0 Å². The molecule has 0 bridgehead atoms. The Balaban J connectivity index is 1.20. The van der Waals surface area contributed by atoms with Crippen LogP contribution in [0.1, 0.15) is 11.1 Å². The van der Waals surface area contributed by atoms with Gasteiger partial charge in [-0.1, -0.05) is 30.3 Å². The number of aryl methyl sites for hydroxylation is 2. The summed E-state index contributed by atoms with van der Waals surface area (Å²) >= 11 is 0. The van der Waals surface area contributed by atoms with E-state index in [0.717, 1.165) is 41.0 Å². The number of phenols is 1. The van der Waals surface area contributed by atoms with Crippen LogP contribution in [0.15, 0.2) is 150 Å². The molecule has 0 aromatic heterocycles. The SMILES string of the molecule is Cc1cc(-c2ccc(N=Nc3c(S(=O)(=O)O)cc4cc(S(=O)(=O)O)ccc4c3O)c(C)c2)ccc1N=Nc1ccc(OS(=O)(=O)c2ccccc2)cc1. The van der Waals surface area contributed by atoms with Crippen LogP contribution in [-0.2, 0) is 30.4 Å². The van der Waals surface area contributed by atoms with Gasteiger partial charge >= 0.3 is 10.1 Å². The highest BCUT2D eigenvalue weighted by Crippen LogP contribution is 2.42. The van der Waals surface area contributed by atoms with E-state index in [-0.39, 0.29) is 21.4 Å². The molecule has 17 heteroatoms. The second-order valence-electron chi connectivity index (χ2n) is 11.7. The van der Waals surface area contributed by atoms with Gasteiger partial charge in [0.05, 0.1) is 22.0 Å². The number of fused-ring (bicyclic) bond motifs is 1. The smallest absolute Gasteiger partial charge is 0.339 e. The monoisotopic (exact) mass is 772 g/mol. The van der Waals surface area contributed by atoms with Gasteiger partial charge in [-0.25, -0.2) is 0 Å². The highest BCUT2D eigenvalue weighted by molar-refractivity contribution is 7.87. The van der Waals surface area contributed by atoms with Crippen molar-refractivity contribution in [3.05, 3.63) is 126 Å². The number of nitrogens with zero attached hydrogens (tertiary/aromatic N) is 4. The van der Waals surface area contributed by atoms with E-state index < -0.39 is 51.6 Å². The van der Waals surface area contributed by atoms with E-state index in [4.69, 9.17) is 4.18 Å². The molecule has 14 nitrogen and oxygen atoms in total. The fourth-order valence-electron chi connectivity index (χ4n) is 5.22. The minimum Gasteiger partial charge on any atom is -0.505 e. The summed E-state index contributed by atoms with van der Waals surface area (Å²) < 4.78 is 96.9. The number of aromatic hydroxyl groups is 1. The summed E-state index contributed by atoms with van der Waals surface area (Å²) in [6, 6.07) is 28.8. The van der Waals surface area contributed by atoms with Crippen molar-refractivity contribution in [1.82, 2.24) is 0 Å². The normalized spacial score (nSPS) is 12.5. The molecule has 6 rings (SSSR count). The third-order valence-electron chi connectivity index (χ3n) is 7.93. The van der Waals surface area contributed by atoms with E-state index in [2.05, 4.69) is 20.5 Å². The van der Waals surface area contributed by atoms with Crippen molar-refractivity contribution in [1.29, 1.82) is 0 Å². The molecule has 53 heavy (non-hydrogen) atoms. The Kier molecular flexibility index (Phi) is 9.95. The van der Waals surface area contributed by atoms with Gasteiger partial charge < -0.3 is 9.29 Å². The number of rotatable bonds is 10. The minimum absolute atomic E-state index is 0.00355. The summed E-state index contributed by atoms with van der Waals surface area (Å²) in [5.74, 6) is -0.548. The van der Waals surface area contributed by atoms with Gasteiger partial charge in [-0.15, -0.1) is 5.11 Å².